The molecule has 0 unspecified atom stereocenters. The predicted molar refractivity (Wildman–Crippen MR) is 90.7 cm³/mol. The molecule has 2 heterocycles. The molecule has 8 nitrogen and oxygen atoms in total. The van der Waals surface area contributed by atoms with Crippen LogP contribution < -0.4 is 10.6 Å². The highest BCUT2D eigenvalue weighted by atomic mass is 16.6. The van der Waals surface area contributed by atoms with Gasteiger partial charge >= 0.3 is 5.69 Å². The molecule has 0 radical (unpaired) electrons. The first-order chi connectivity index (χ1) is 11.6. The van der Waals surface area contributed by atoms with Crippen molar-refractivity contribution in [1.82, 2.24) is 15.0 Å². The minimum Gasteiger partial charge on any atom is -0.334 e. The first-order valence-electron chi connectivity index (χ1n) is 7.14. The highest BCUT2D eigenvalue weighted by molar-refractivity contribution is 5.77. The van der Waals surface area contributed by atoms with Gasteiger partial charge in [-0.3, -0.25) is 15.1 Å². The number of hydrogen-bond acceptors (Lipinski definition) is 7. The van der Waals surface area contributed by atoms with Gasteiger partial charge in [0, 0.05) is 23.8 Å². The summed E-state index contributed by atoms with van der Waals surface area (Å²) < 4.78 is 0. The largest absolute Gasteiger partial charge is 0.353 e. The standard InChI is InChI=1S/C16H14N6O2/c1-11-4-2-3-5-13(11)21-16-14(22(23)24)15(18-10-19-16)20-12-6-8-17-9-7-12/h2-10H,1H3,(H2,17,18,19,20,21). The van der Waals surface area contributed by atoms with Crippen molar-refractivity contribution in [2.45, 2.75) is 6.92 Å². The Kier molecular flexibility index (Phi) is 4.28. The molecule has 0 spiro atoms. The molecule has 0 saturated carbocycles. The van der Waals surface area contributed by atoms with Crippen LogP contribution in [0.2, 0.25) is 0 Å². The summed E-state index contributed by atoms with van der Waals surface area (Å²) in [5.41, 5.74) is 2.12. The van der Waals surface area contributed by atoms with Crippen molar-refractivity contribution in [3.63, 3.8) is 0 Å². The SMILES string of the molecule is Cc1ccccc1Nc1ncnc(Nc2ccncc2)c1[N+](=O)[O-]. The van der Waals surface area contributed by atoms with Gasteiger partial charge in [0.1, 0.15) is 6.33 Å². The summed E-state index contributed by atoms with van der Waals surface area (Å²) in [6.45, 7) is 1.91. The molecule has 24 heavy (non-hydrogen) atoms. The third-order valence-corrected chi connectivity index (χ3v) is 3.35. The number of para-hydroxylation sites is 1. The molecular weight excluding hydrogens is 308 g/mol. The number of aromatic nitrogens is 3. The maximum atomic E-state index is 11.5. The monoisotopic (exact) mass is 322 g/mol. The predicted octanol–water partition coefficient (Wildman–Crippen LogP) is 3.58. The van der Waals surface area contributed by atoms with Crippen molar-refractivity contribution in [2.75, 3.05) is 10.6 Å². The van der Waals surface area contributed by atoms with E-state index in [0.29, 0.717) is 5.69 Å². The van der Waals surface area contributed by atoms with Crippen LogP contribution in [-0.4, -0.2) is 19.9 Å². The molecule has 3 aromatic rings. The van der Waals surface area contributed by atoms with Crippen LogP contribution in [0, 0.1) is 17.0 Å². The molecule has 0 saturated heterocycles. The molecule has 0 fully saturated rings. The summed E-state index contributed by atoms with van der Waals surface area (Å²) >= 11 is 0. The van der Waals surface area contributed by atoms with Crippen molar-refractivity contribution < 1.29 is 4.92 Å². The lowest BCUT2D eigenvalue weighted by molar-refractivity contribution is -0.383. The van der Waals surface area contributed by atoms with Gasteiger partial charge in [0.15, 0.2) is 0 Å². The summed E-state index contributed by atoms with van der Waals surface area (Å²) in [6, 6.07) is 10.9. The van der Waals surface area contributed by atoms with Crippen LogP contribution in [0.15, 0.2) is 55.1 Å². The van der Waals surface area contributed by atoms with E-state index in [1.807, 2.05) is 31.2 Å². The quantitative estimate of drug-likeness (QED) is 0.546. The Morgan fingerprint density at radius 1 is 1.00 bits per heavy atom. The zero-order valence-corrected chi connectivity index (χ0v) is 12.8. The fraction of sp³-hybridized carbons (Fsp3) is 0.0625. The maximum absolute atomic E-state index is 11.5. The van der Waals surface area contributed by atoms with Crippen molar-refractivity contribution in [3.05, 3.63) is 70.8 Å². The van der Waals surface area contributed by atoms with Crippen LogP contribution >= 0.6 is 0 Å². The van der Waals surface area contributed by atoms with Crippen LogP contribution in [0.25, 0.3) is 0 Å². The van der Waals surface area contributed by atoms with Crippen LogP contribution in [0.1, 0.15) is 5.56 Å². The van der Waals surface area contributed by atoms with Crippen LogP contribution in [0.4, 0.5) is 28.7 Å². The van der Waals surface area contributed by atoms with Gasteiger partial charge in [-0.15, -0.1) is 0 Å². The molecule has 120 valence electrons. The molecular formula is C16H14N6O2. The Hall–Kier alpha value is -3.55. The van der Waals surface area contributed by atoms with Gasteiger partial charge in [-0.05, 0) is 30.7 Å². The van der Waals surface area contributed by atoms with Crippen LogP contribution in [0.5, 0.6) is 0 Å². The van der Waals surface area contributed by atoms with E-state index < -0.39 is 4.92 Å². The van der Waals surface area contributed by atoms with E-state index in [2.05, 4.69) is 25.6 Å². The van der Waals surface area contributed by atoms with E-state index in [4.69, 9.17) is 0 Å². The molecule has 0 aliphatic rings. The molecule has 1 aromatic carbocycles. The van der Waals surface area contributed by atoms with Gasteiger partial charge < -0.3 is 10.6 Å². The fourth-order valence-corrected chi connectivity index (χ4v) is 2.15. The van der Waals surface area contributed by atoms with Crippen molar-refractivity contribution >= 4 is 28.7 Å². The summed E-state index contributed by atoms with van der Waals surface area (Å²) in [5, 5.41) is 17.5. The number of pyridine rings is 1. The smallest absolute Gasteiger partial charge is 0.334 e. The third-order valence-electron chi connectivity index (χ3n) is 3.35. The molecule has 0 aliphatic carbocycles. The van der Waals surface area contributed by atoms with E-state index in [1.165, 1.54) is 6.33 Å². The zero-order valence-electron chi connectivity index (χ0n) is 12.8. The maximum Gasteiger partial charge on any atom is 0.353 e. The molecule has 8 heteroatoms. The first-order valence-corrected chi connectivity index (χ1v) is 7.14. The van der Waals surface area contributed by atoms with Crippen molar-refractivity contribution in [1.29, 1.82) is 0 Å². The average Bonchev–Trinajstić information content (AvgIpc) is 2.58. The molecule has 0 aliphatic heterocycles. The second-order valence-electron chi connectivity index (χ2n) is 4.98. The number of nitrogens with one attached hydrogen (secondary N) is 2. The second kappa shape index (κ2) is 6.69. The summed E-state index contributed by atoms with van der Waals surface area (Å²) in [7, 11) is 0. The van der Waals surface area contributed by atoms with Gasteiger partial charge in [-0.2, -0.15) is 0 Å². The van der Waals surface area contributed by atoms with E-state index >= 15 is 0 Å². The zero-order chi connectivity index (χ0) is 16.9. The highest BCUT2D eigenvalue weighted by Crippen LogP contribution is 2.33. The summed E-state index contributed by atoms with van der Waals surface area (Å²) in [6.07, 6.45) is 4.45. The number of nitro groups is 1. The Bertz CT molecular complexity index is 869. The van der Waals surface area contributed by atoms with E-state index in [0.717, 1.165) is 11.3 Å². The Morgan fingerprint density at radius 2 is 1.67 bits per heavy atom. The van der Waals surface area contributed by atoms with Crippen LogP contribution in [-0.2, 0) is 0 Å². The molecule has 0 atom stereocenters. The number of anilines is 4. The minimum atomic E-state index is -0.510. The fourth-order valence-electron chi connectivity index (χ4n) is 2.15. The number of benzene rings is 1. The molecule has 2 N–H and O–H groups in total. The lowest BCUT2D eigenvalue weighted by atomic mass is 10.2. The highest BCUT2D eigenvalue weighted by Gasteiger charge is 2.23. The summed E-state index contributed by atoms with van der Waals surface area (Å²) in [4.78, 5) is 23.0. The van der Waals surface area contributed by atoms with Gasteiger partial charge in [0.25, 0.3) is 0 Å². The van der Waals surface area contributed by atoms with Crippen molar-refractivity contribution in [3.8, 4) is 0 Å². The number of rotatable bonds is 5. The molecule has 0 amide bonds. The second-order valence-corrected chi connectivity index (χ2v) is 4.98. The normalized spacial score (nSPS) is 10.2. The van der Waals surface area contributed by atoms with Crippen LogP contribution in [0.3, 0.4) is 0 Å². The molecule has 2 aromatic heterocycles. The van der Waals surface area contributed by atoms with Crippen molar-refractivity contribution in [2.24, 2.45) is 0 Å². The van der Waals surface area contributed by atoms with Gasteiger partial charge in [-0.25, -0.2) is 9.97 Å². The van der Waals surface area contributed by atoms with Gasteiger partial charge in [0.05, 0.1) is 4.92 Å². The lowest BCUT2D eigenvalue weighted by Gasteiger charge is -2.11. The third kappa shape index (κ3) is 3.27. The average molecular weight is 322 g/mol. The van der Waals surface area contributed by atoms with E-state index in [9.17, 15) is 10.1 Å². The Morgan fingerprint density at radius 3 is 2.33 bits per heavy atom. The lowest BCUT2D eigenvalue weighted by Crippen LogP contribution is -2.06. The van der Waals surface area contributed by atoms with Gasteiger partial charge in [0.2, 0.25) is 11.6 Å². The number of aryl methyl sites for hydroxylation is 1. The Labute approximate surface area is 137 Å². The Balaban J connectivity index is 1.99. The topological polar surface area (TPSA) is 106 Å². The van der Waals surface area contributed by atoms with Gasteiger partial charge in [-0.1, -0.05) is 18.2 Å². The first kappa shape index (κ1) is 15.3. The number of hydrogen-bond donors (Lipinski definition) is 2. The number of nitrogens with zero attached hydrogens (tertiary/aromatic N) is 4. The summed E-state index contributed by atoms with van der Waals surface area (Å²) in [5.74, 6) is 0.234. The molecule has 3 rings (SSSR count). The minimum absolute atomic E-state index is 0.109. The van der Waals surface area contributed by atoms with E-state index in [-0.39, 0.29) is 17.3 Å². The van der Waals surface area contributed by atoms with E-state index in [1.54, 1.807) is 24.5 Å². The molecule has 0 bridgehead atoms.